The number of nitrogens with zero attached hydrogens (tertiary/aromatic N) is 2. The van der Waals surface area contributed by atoms with E-state index in [0.717, 1.165) is 6.42 Å². The molecule has 38 heavy (non-hydrogen) atoms. The molecule has 2 aliphatic heterocycles. The topological polar surface area (TPSA) is 93.2 Å². The van der Waals surface area contributed by atoms with Gasteiger partial charge < -0.3 is 14.4 Å². The van der Waals surface area contributed by atoms with Crippen LogP contribution in [0.5, 0.6) is 11.5 Å². The van der Waals surface area contributed by atoms with Crippen molar-refractivity contribution in [3.05, 3.63) is 60.7 Å². The standard InChI is InChI=1S/C30H28N2O6/c1-2-37-19-8-6-17(7-9-19)31-15-16(12-25(31)33)30(36)38-20-5-3-4-18(13-20)32-28(34)26-21-10-11-22(24-14-23(21)24)27(26)29(32)35/h3-11,13,16,21-24,26-27H,2,12,14-15H2,1H3/t16-,21+,22+,23-,24+,26-,27+/m1/s1. The largest absolute Gasteiger partial charge is 0.494 e. The van der Waals surface area contributed by atoms with Crippen LogP contribution in [0.3, 0.4) is 0 Å². The van der Waals surface area contributed by atoms with Gasteiger partial charge in [0.05, 0.1) is 30.0 Å². The fourth-order valence-corrected chi connectivity index (χ4v) is 7.10. The molecule has 0 aromatic heterocycles. The van der Waals surface area contributed by atoms with Crippen LogP contribution in [0.1, 0.15) is 19.8 Å². The van der Waals surface area contributed by atoms with Crippen LogP contribution in [0.25, 0.3) is 0 Å². The summed E-state index contributed by atoms with van der Waals surface area (Å²) in [4.78, 5) is 55.4. The third kappa shape index (κ3) is 3.50. The van der Waals surface area contributed by atoms with E-state index in [1.165, 1.54) is 4.90 Å². The first-order valence-corrected chi connectivity index (χ1v) is 13.4. The lowest BCUT2D eigenvalue weighted by Crippen LogP contribution is -2.40. The second-order valence-electron chi connectivity index (χ2n) is 10.9. The fourth-order valence-electron chi connectivity index (χ4n) is 7.10. The number of ether oxygens (including phenoxy) is 2. The monoisotopic (exact) mass is 512 g/mol. The second-order valence-corrected chi connectivity index (χ2v) is 10.9. The molecule has 2 saturated carbocycles. The zero-order valence-corrected chi connectivity index (χ0v) is 21.0. The number of anilines is 2. The highest BCUT2D eigenvalue weighted by Crippen LogP contribution is 2.65. The van der Waals surface area contributed by atoms with Crippen LogP contribution in [-0.2, 0) is 19.2 Å². The van der Waals surface area contributed by atoms with Gasteiger partial charge in [-0.05, 0) is 73.4 Å². The maximum atomic E-state index is 13.4. The maximum absolute atomic E-state index is 13.4. The van der Waals surface area contributed by atoms with E-state index in [4.69, 9.17) is 9.47 Å². The second kappa shape index (κ2) is 8.55. The SMILES string of the molecule is CCOc1ccc(N2C[C@H](C(=O)Oc3cccc(N4C(=O)[C@@H]5[C@H]6C=C[C@@H]([C@@H]7C[C@H]67)[C@@H]5C4=O)c3)CC2=O)cc1. The molecule has 0 spiro atoms. The number of allylic oxidation sites excluding steroid dienone is 2. The predicted octanol–water partition coefficient (Wildman–Crippen LogP) is 3.60. The normalized spacial score (nSPS) is 32.4. The Morgan fingerprint density at radius 2 is 1.58 bits per heavy atom. The molecular weight excluding hydrogens is 484 g/mol. The number of carbonyl (C=O) groups excluding carboxylic acids is 4. The van der Waals surface area contributed by atoms with Crippen molar-refractivity contribution in [2.24, 2.45) is 41.4 Å². The first-order valence-electron chi connectivity index (χ1n) is 13.4. The minimum Gasteiger partial charge on any atom is -0.494 e. The van der Waals surface area contributed by atoms with E-state index in [9.17, 15) is 19.2 Å². The summed E-state index contributed by atoms with van der Waals surface area (Å²) in [5.74, 6) is 0.166. The lowest BCUT2D eigenvalue weighted by molar-refractivity contribution is -0.139. The molecule has 2 aromatic rings. The molecule has 0 N–H and O–H groups in total. The average molecular weight is 513 g/mol. The third-order valence-electron chi connectivity index (χ3n) is 8.87. The Bertz CT molecular complexity index is 1350. The summed E-state index contributed by atoms with van der Waals surface area (Å²) < 4.78 is 11.1. The minimum absolute atomic E-state index is 0.0519. The number of carbonyl (C=O) groups is 4. The van der Waals surface area contributed by atoms with Crippen molar-refractivity contribution >= 4 is 35.1 Å². The van der Waals surface area contributed by atoms with Gasteiger partial charge in [-0.1, -0.05) is 18.2 Å². The van der Waals surface area contributed by atoms with Crippen LogP contribution < -0.4 is 19.3 Å². The molecule has 8 heteroatoms. The highest BCUT2D eigenvalue weighted by molar-refractivity contribution is 6.22. The van der Waals surface area contributed by atoms with Crippen molar-refractivity contribution in [1.29, 1.82) is 0 Å². The molecule has 4 aliphatic carbocycles. The highest BCUT2D eigenvalue weighted by Gasteiger charge is 2.67. The lowest BCUT2D eigenvalue weighted by atomic mass is 9.63. The molecular formula is C30H28N2O6. The molecule has 2 heterocycles. The van der Waals surface area contributed by atoms with E-state index >= 15 is 0 Å². The molecule has 7 atom stereocenters. The van der Waals surface area contributed by atoms with Crippen LogP contribution in [0.4, 0.5) is 11.4 Å². The number of hydrogen-bond donors (Lipinski definition) is 0. The van der Waals surface area contributed by atoms with Crippen molar-refractivity contribution in [3.63, 3.8) is 0 Å². The molecule has 4 fully saturated rings. The van der Waals surface area contributed by atoms with Crippen molar-refractivity contribution in [2.75, 3.05) is 23.0 Å². The number of benzene rings is 2. The number of hydrogen-bond acceptors (Lipinski definition) is 6. The van der Waals surface area contributed by atoms with Gasteiger partial charge in [0.25, 0.3) is 0 Å². The smallest absolute Gasteiger partial charge is 0.316 e. The lowest BCUT2D eigenvalue weighted by Gasteiger charge is -2.37. The van der Waals surface area contributed by atoms with Gasteiger partial charge in [-0.3, -0.25) is 19.2 Å². The third-order valence-corrected chi connectivity index (χ3v) is 8.87. The Morgan fingerprint density at radius 1 is 0.895 bits per heavy atom. The Kier molecular flexibility index (Phi) is 5.22. The van der Waals surface area contributed by atoms with E-state index in [1.54, 1.807) is 53.4 Å². The average Bonchev–Trinajstić information content (AvgIpc) is 3.60. The van der Waals surface area contributed by atoms with Crippen LogP contribution in [0, 0.1) is 41.4 Å². The molecule has 8 nitrogen and oxygen atoms in total. The van der Waals surface area contributed by atoms with E-state index < -0.39 is 11.9 Å². The number of rotatable bonds is 6. The molecule has 2 aromatic carbocycles. The Balaban J connectivity index is 1.05. The minimum atomic E-state index is -0.621. The molecule has 6 aliphatic rings. The van der Waals surface area contributed by atoms with Crippen molar-refractivity contribution < 1.29 is 28.7 Å². The predicted molar refractivity (Wildman–Crippen MR) is 137 cm³/mol. The molecule has 194 valence electrons. The highest BCUT2D eigenvalue weighted by atomic mass is 16.5. The zero-order valence-electron chi connectivity index (χ0n) is 21.0. The summed E-state index contributed by atoms with van der Waals surface area (Å²) in [6.07, 6.45) is 5.45. The summed E-state index contributed by atoms with van der Waals surface area (Å²) in [6, 6.07) is 13.8. The molecule has 2 bridgehead atoms. The summed E-state index contributed by atoms with van der Waals surface area (Å²) in [7, 11) is 0. The quantitative estimate of drug-likeness (QED) is 0.254. The summed E-state index contributed by atoms with van der Waals surface area (Å²) in [5.41, 5.74) is 1.12. The first kappa shape index (κ1) is 23.2. The fraction of sp³-hybridized carbons (Fsp3) is 0.400. The van der Waals surface area contributed by atoms with Gasteiger partial charge in [-0.25, -0.2) is 4.90 Å². The van der Waals surface area contributed by atoms with Crippen LogP contribution in [-0.4, -0.2) is 36.8 Å². The Hall–Kier alpha value is -3.94. The number of esters is 1. The molecule has 2 saturated heterocycles. The van der Waals surface area contributed by atoms with Gasteiger partial charge in [-0.15, -0.1) is 0 Å². The van der Waals surface area contributed by atoms with Gasteiger partial charge in [0.2, 0.25) is 17.7 Å². The van der Waals surface area contributed by atoms with Gasteiger partial charge in [-0.2, -0.15) is 0 Å². The van der Waals surface area contributed by atoms with Gasteiger partial charge in [0.1, 0.15) is 11.5 Å². The summed E-state index contributed by atoms with van der Waals surface area (Å²) >= 11 is 0. The number of imide groups is 1. The Labute approximate surface area is 220 Å². The molecule has 0 radical (unpaired) electrons. The molecule has 8 rings (SSSR count). The van der Waals surface area contributed by atoms with Crippen LogP contribution in [0.2, 0.25) is 0 Å². The van der Waals surface area contributed by atoms with Gasteiger partial charge in [0.15, 0.2) is 0 Å². The Morgan fingerprint density at radius 3 is 2.24 bits per heavy atom. The maximum Gasteiger partial charge on any atom is 0.316 e. The first-order chi connectivity index (χ1) is 18.4. The summed E-state index contributed by atoms with van der Waals surface area (Å²) in [6.45, 7) is 2.67. The molecule has 0 unspecified atom stereocenters. The van der Waals surface area contributed by atoms with E-state index in [0.29, 0.717) is 35.6 Å². The van der Waals surface area contributed by atoms with E-state index in [1.807, 2.05) is 6.92 Å². The van der Waals surface area contributed by atoms with Gasteiger partial charge >= 0.3 is 5.97 Å². The van der Waals surface area contributed by atoms with Crippen molar-refractivity contribution in [3.8, 4) is 11.5 Å². The van der Waals surface area contributed by atoms with Crippen LogP contribution >= 0.6 is 0 Å². The summed E-state index contributed by atoms with van der Waals surface area (Å²) in [5, 5.41) is 0. The zero-order chi connectivity index (χ0) is 26.1. The van der Waals surface area contributed by atoms with Gasteiger partial charge in [0, 0.05) is 24.7 Å². The van der Waals surface area contributed by atoms with E-state index in [2.05, 4.69) is 12.2 Å². The van der Waals surface area contributed by atoms with Crippen LogP contribution in [0.15, 0.2) is 60.7 Å². The van der Waals surface area contributed by atoms with Crippen molar-refractivity contribution in [2.45, 2.75) is 19.8 Å². The molecule has 3 amide bonds. The van der Waals surface area contributed by atoms with Crippen molar-refractivity contribution in [1.82, 2.24) is 0 Å². The van der Waals surface area contributed by atoms with E-state index in [-0.39, 0.29) is 60.1 Å². The number of amides is 3.